The highest BCUT2D eigenvalue weighted by Crippen LogP contribution is 2.34. The zero-order chi connectivity index (χ0) is 25.8. The van der Waals surface area contributed by atoms with Crippen molar-refractivity contribution in [3.8, 4) is 23.3 Å². The van der Waals surface area contributed by atoms with Gasteiger partial charge in [0.15, 0.2) is 0 Å². The fourth-order valence-corrected chi connectivity index (χ4v) is 5.59. The highest BCUT2D eigenvalue weighted by atomic mass is 32.2. The molecule has 3 atom stereocenters. The van der Waals surface area contributed by atoms with Crippen LogP contribution in [0.4, 0.5) is 0 Å². The first-order valence-corrected chi connectivity index (χ1v) is 12.8. The summed E-state index contributed by atoms with van der Waals surface area (Å²) in [5.74, 6) is 6.62. The van der Waals surface area contributed by atoms with Gasteiger partial charge in [-0.2, -0.15) is 4.31 Å². The molecule has 1 aliphatic heterocycles. The molecule has 1 heterocycles. The normalized spacial score (nSPS) is 20.2. The summed E-state index contributed by atoms with van der Waals surface area (Å²) >= 11 is 0. The molecule has 1 amide bonds. The van der Waals surface area contributed by atoms with Crippen molar-refractivity contribution in [2.75, 3.05) is 33.9 Å². The predicted molar refractivity (Wildman–Crippen MR) is 133 cm³/mol. The number of hydrogen-bond donors (Lipinski definition) is 1. The number of likely N-dealkylation sites (N-methyl/N-ethyl adjacent to an activating group) is 1. The summed E-state index contributed by atoms with van der Waals surface area (Å²) in [5.41, 5.74) is 1.33. The van der Waals surface area contributed by atoms with Crippen LogP contribution >= 0.6 is 0 Å². The van der Waals surface area contributed by atoms with E-state index in [1.54, 1.807) is 38.1 Å². The maximum Gasteiger partial charge on any atom is 0.247 e. The van der Waals surface area contributed by atoms with Gasteiger partial charge in [-0.25, -0.2) is 8.42 Å². The molecule has 9 heteroatoms. The summed E-state index contributed by atoms with van der Waals surface area (Å²) in [7, 11) is -0.681. The lowest BCUT2D eigenvalue weighted by Crippen LogP contribution is -2.50. The summed E-state index contributed by atoms with van der Waals surface area (Å²) in [6.07, 6.45) is -0.465. The van der Waals surface area contributed by atoms with E-state index >= 15 is 0 Å². The summed E-state index contributed by atoms with van der Waals surface area (Å²) in [6, 6.07) is 11.4. The van der Waals surface area contributed by atoms with E-state index in [0.717, 1.165) is 5.56 Å². The summed E-state index contributed by atoms with van der Waals surface area (Å²) < 4.78 is 39.9. The Bertz CT molecular complexity index is 1230. The minimum absolute atomic E-state index is 0.00658. The van der Waals surface area contributed by atoms with Crippen LogP contribution in [-0.4, -0.2) is 74.6 Å². The minimum Gasteiger partial charge on any atom is -0.497 e. The molecule has 0 saturated heterocycles. The summed E-state index contributed by atoms with van der Waals surface area (Å²) in [6.45, 7) is 5.14. The molecule has 1 N–H and O–H groups in total. The third kappa shape index (κ3) is 6.14. The molecule has 0 saturated carbocycles. The Morgan fingerprint density at radius 1 is 1.26 bits per heavy atom. The van der Waals surface area contributed by atoms with E-state index in [-0.39, 0.29) is 42.2 Å². The second-order valence-electron chi connectivity index (χ2n) is 8.78. The van der Waals surface area contributed by atoms with Crippen molar-refractivity contribution in [3.05, 3.63) is 53.6 Å². The third-order valence-electron chi connectivity index (χ3n) is 6.08. The van der Waals surface area contributed by atoms with Crippen molar-refractivity contribution < 1.29 is 27.8 Å². The van der Waals surface area contributed by atoms with Crippen molar-refractivity contribution in [1.82, 2.24) is 9.21 Å². The summed E-state index contributed by atoms with van der Waals surface area (Å²) in [5, 5.41) is 9.74. The maximum absolute atomic E-state index is 13.5. The molecule has 0 unspecified atom stereocenters. The van der Waals surface area contributed by atoms with Crippen LogP contribution in [0.2, 0.25) is 0 Å². The second kappa shape index (κ2) is 11.1. The van der Waals surface area contributed by atoms with Gasteiger partial charge >= 0.3 is 0 Å². The van der Waals surface area contributed by atoms with Gasteiger partial charge < -0.3 is 19.5 Å². The topological polar surface area (TPSA) is 96.4 Å². The minimum atomic E-state index is -3.94. The number of amides is 1. The molecule has 3 rings (SSSR count). The van der Waals surface area contributed by atoms with Crippen LogP contribution in [0.25, 0.3) is 0 Å². The third-order valence-corrected chi connectivity index (χ3v) is 8.10. The summed E-state index contributed by atoms with van der Waals surface area (Å²) in [4.78, 5) is 13.4. The van der Waals surface area contributed by atoms with E-state index < -0.39 is 22.2 Å². The van der Waals surface area contributed by atoms with Gasteiger partial charge in [-0.3, -0.25) is 4.79 Å². The van der Waals surface area contributed by atoms with Gasteiger partial charge in [0.05, 0.1) is 20.3 Å². The van der Waals surface area contributed by atoms with Gasteiger partial charge in [0.25, 0.3) is 0 Å². The van der Waals surface area contributed by atoms with Crippen LogP contribution in [0.5, 0.6) is 11.5 Å². The van der Waals surface area contributed by atoms with Crippen molar-refractivity contribution >= 4 is 15.9 Å². The van der Waals surface area contributed by atoms with E-state index in [1.807, 2.05) is 31.2 Å². The van der Waals surface area contributed by atoms with Gasteiger partial charge in [0.2, 0.25) is 15.9 Å². The smallest absolute Gasteiger partial charge is 0.247 e. The first kappa shape index (κ1) is 26.5. The van der Waals surface area contributed by atoms with Gasteiger partial charge in [0.1, 0.15) is 22.5 Å². The lowest BCUT2D eigenvalue weighted by Gasteiger charge is -2.37. The van der Waals surface area contributed by atoms with E-state index in [2.05, 4.69) is 11.8 Å². The molecule has 0 aliphatic carbocycles. The van der Waals surface area contributed by atoms with Gasteiger partial charge in [0, 0.05) is 43.6 Å². The number of carbonyl (C=O) groups excluding carboxylic acids is 1. The zero-order valence-electron chi connectivity index (χ0n) is 20.7. The number of nitrogens with zero attached hydrogens (tertiary/aromatic N) is 2. The van der Waals surface area contributed by atoms with Gasteiger partial charge in [-0.05, 0) is 43.3 Å². The Morgan fingerprint density at radius 3 is 2.57 bits per heavy atom. The number of hydrogen-bond acceptors (Lipinski definition) is 6. The molecule has 8 nitrogen and oxygen atoms in total. The molecule has 0 bridgehead atoms. The van der Waals surface area contributed by atoms with E-state index in [1.165, 1.54) is 17.3 Å². The molecule has 188 valence electrons. The predicted octanol–water partition coefficient (Wildman–Crippen LogP) is 2.34. The number of benzene rings is 2. The molecule has 0 spiro atoms. The average Bonchev–Trinajstić information content (AvgIpc) is 2.84. The molecule has 2 aromatic carbocycles. The van der Waals surface area contributed by atoms with E-state index in [4.69, 9.17) is 9.47 Å². The Balaban J connectivity index is 2.07. The Labute approximate surface area is 207 Å². The standard InChI is InChI=1S/C26H32N2O6S/c1-18-15-28(19(2)17-29)35(31,32)26-12-11-22(10-9-21-7-6-8-23(13-21)33-5)14-24(26)34-25(18)16-27(4)20(3)30/h6-8,11-14,18-19,25,29H,15-17H2,1-5H3/t18-,19-,25+/m0/s1. The lowest BCUT2D eigenvalue weighted by molar-refractivity contribution is -0.129. The molecular weight excluding hydrogens is 468 g/mol. The van der Waals surface area contributed by atoms with Crippen LogP contribution in [0, 0.1) is 17.8 Å². The number of rotatable bonds is 5. The largest absolute Gasteiger partial charge is 0.497 e. The number of aliphatic hydroxyl groups is 1. The number of fused-ring (bicyclic) bond motifs is 1. The van der Waals surface area contributed by atoms with E-state index in [0.29, 0.717) is 11.3 Å². The fraction of sp³-hybridized carbons (Fsp3) is 0.423. The zero-order valence-corrected chi connectivity index (χ0v) is 21.5. The monoisotopic (exact) mass is 500 g/mol. The molecule has 2 aromatic rings. The first-order valence-electron chi connectivity index (χ1n) is 11.4. The van der Waals surface area contributed by atoms with Crippen LogP contribution < -0.4 is 9.47 Å². The lowest BCUT2D eigenvalue weighted by atomic mass is 10.0. The average molecular weight is 501 g/mol. The Kier molecular flexibility index (Phi) is 8.43. The van der Waals surface area contributed by atoms with Crippen molar-refractivity contribution in [1.29, 1.82) is 0 Å². The Hall–Kier alpha value is -3.06. The second-order valence-corrected chi connectivity index (χ2v) is 10.6. The van der Waals surface area contributed by atoms with Gasteiger partial charge in [-0.15, -0.1) is 0 Å². The van der Waals surface area contributed by atoms with Crippen LogP contribution in [0.3, 0.4) is 0 Å². The highest BCUT2D eigenvalue weighted by Gasteiger charge is 2.38. The van der Waals surface area contributed by atoms with Gasteiger partial charge in [-0.1, -0.05) is 24.8 Å². The molecule has 35 heavy (non-hydrogen) atoms. The fourth-order valence-electron chi connectivity index (χ4n) is 3.76. The molecule has 0 radical (unpaired) electrons. The van der Waals surface area contributed by atoms with Crippen molar-refractivity contribution in [2.45, 2.75) is 37.8 Å². The number of methoxy groups -OCH3 is 1. The Morgan fingerprint density at radius 2 is 1.94 bits per heavy atom. The molecule has 1 aliphatic rings. The van der Waals surface area contributed by atoms with Crippen molar-refractivity contribution in [3.63, 3.8) is 0 Å². The highest BCUT2D eigenvalue weighted by molar-refractivity contribution is 7.89. The van der Waals surface area contributed by atoms with E-state index in [9.17, 15) is 18.3 Å². The van der Waals surface area contributed by atoms with Crippen LogP contribution in [-0.2, 0) is 14.8 Å². The molecule has 0 fully saturated rings. The number of ether oxygens (including phenoxy) is 2. The van der Waals surface area contributed by atoms with Crippen molar-refractivity contribution in [2.24, 2.45) is 5.92 Å². The number of aliphatic hydroxyl groups excluding tert-OH is 1. The molecular formula is C26H32N2O6S. The number of sulfonamides is 1. The van der Waals surface area contributed by atoms with Crippen LogP contribution in [0.15, 0.2) is 47.4 Å². The quantitative estimate of drug-likeness (QED) is 0.633. The van der Waals surface area contributed by atoms with Crippen LogP contribution in [0.1, 0.15) is 31.9 Å². The SMILES string of the molecule is COc1cccc(C#Cc2ccc3c(c2)O[C@H](CN(C)C(C)=O)[C@@H](C)CN([C@@H](C)CO)S3(=O)=O)c1. The molecule has 0 aromatic heterocycles. The maximum atomic E-state index is 13.5. The first-order chi connectivity index (χ1) is 16.6. The number of carbonyl (C=O) groups is 1.